The van der Waals surface area contributed by atoms with Gasteiger partial charge in [-0.25, -0.2) is 25.3 Å². The van der Waals surface area contributed by atoms with Crippen LogP contribution in [-0.2, 0) is 29.9 Å². The van der Waals surface area contributed by atoms with Gasteiger partial charge in [0.25, 0.3) is 0 Å². The lowest BCUT2D eigenvalue weighted by Crippen LogP contribution is -2.50. The number of hydrogen-bond acceptors (Lipinski definition) is 7. The minimum absolute atomic E-state index is 0.00431. The normalized spacial score (nSPS) is 17.5. The van der Waals surface area contributed by atoms with Gasteiger partial charge in [-0.15, -0.1) is 0 Å². The lowest BCUT2D eigenvalue weighted by atomic mass is 10.4. The number of rotatable bonds is 5. The number of sulfone groups is 1. The molecule has 0 aliphatic carbocycles. The summed E-state index contributed by atoms with van der Waals surface area (Å²) in [6.07, 6.45) is 3.76. The zero-order chi connectivity index (χ0) is 20.6. The molecular formula is C16H19N3O6S3. The summed E-state index contributed by atoms with van der Waals surface area (Å²) >= 11 is 0. The van der Waals surface area contributed by atoms with Gasteiger partial charge in [0.1, 0.15) is 4.90 Å². The summed E-state index contributed by atoms with van der Waals surface area (Å²) in [5, 5.41) is 0. The number of benzene rings is 1. The van der Waals surface area contributed by atoms with Crippen molar-refractivity contribution in [1.29, 1.82) is 0 Å². The molecule has 0 bridgehead atoms. The van der Waals surface area contributed by atoms with Gasteiger partial charge in [-0.05, 0) is 36.4 Å². The molecule has 0 spiro atoms. The van der Waals surface area contributed by atoms with E-state index in [-0.39, 0.29) is 40.9 Å². The Balaban J connectivity index is 1.75. The quantitative estimate of drug-likeness (QED) is 0.643. The van der Waals surface area contributed by atoms with E-state index in [1.165, 1.54) is 57.4 Å². The molecule has 3 rings (SSSR count). The molecule has 0 radical (unpaired) electrons. The van der Waals surface area contributed by atoms with Crippen LogP contribution in [0.15, 0.2) is 63.5 Å². The van der Waals surface area contributed by atoms with E-state index in [0.717, 1.165) is 6.26 Å². The van der Waals surface area contributed by atoms with E-state index in [2.05, 4.69) is 4.98 Å². The fourth-order valence-corrected chi connectivity index (χ4v) is 6.25. The van der Waals surface area contributed by atoms with Crippen LogP contribution in [0.1, 0.15) is 0 Å². The third-order valence-corrected chi connectivity index (χ3v) is 9.28. The van der Waals surface area contributed by atoms with Gasteiger partial charge in [0, 0.05) is 44.8 Å². The molecule has 1 aromatic heterocycles. The first-order chi connectivity index (χ1) is 13.0. The number of piperazine rings is 1. The summed E-state index contributed by atoms with van der Waals surface area (Å²) in [4.78, 5) is 3.86. The predicted molar refractivity (Wildman–Crippen MR) is 101 cm³/mol. The van der Waals surface area contributed by atoms with Gasteiger partial charge in [0.2, 0.25) is 20.0 Å². The van der Waals surface area contributed by atoms with E-state index in [1.807, 2.05) is 0 Å². The first-order valence-corrected chi connectivity index (χ1v) is 13.0. The highest BCUT2D eigenvalue weighted by molar-refractivity contribution is 7.91. The highest BCUT2D eigenvalue weighted by Crippen LogP contribution is 2.22. The van der Waals surface area contributed by atoms with Crippen LogP contribution in [0.3, 0.4) is 0 Å². The van der Waals surface area contributed by atoms with Crippen molar-refractivity contribution in [3.63, 3.8) is 0 Å². The van der Waals surface area contributed by atoms with Gasteiger partial charge < -0.3 is 0 Å². The Bertz CT molecular complexity index is 1150. The first-order valence-electron chi connectivity index (χ1n) is 8.23. The summed E-state index contributed by atoms with van der Waals surface area (Å²) < 4.78 is 76.2. The number of pyridine rings is 1. The molecule has 0 saturated carbocycles. The number of nitrogens with zero attached hydrogens (tertiary/aromatic N) is 3. The average Bonchev–Trinajstić information content (AvgIpc) is 2.68. The van der Waals surface area contributed by atoms with Gasteiger partial charge in [0.05, 0.1) is 9.79 Å². The monoisotopic (exact) mass is 445 g/mol. The van der Waals surface area contributed by atoms with Crippen LogP contribution in [0, 0.1) is 0 Å². The molecule has 9 nitrogen and oxygen atoms in total. The van der Waals surface area contributed by atoms with Crippen LogP contribution in [-0.4, -0.2) is 71.3 Å². The fourth-order valence-electron chi connectivity index (χ4n) is 2.81. The third kappa shape index (κ3) is 4.10. The topological polar surface area (TPSA) is 122 Å². The second kappa shape index (κ2) is 7.52. The zero-order valence-electron chi connectivity index (χ0n) is 15.0. The Hall–Kier alpha value is -1.86. The van der Waals surface area contributed by atoms with Gasteiger partial charge in [-0.1, -0.05) is 0 Å². The summed E-state index contributed by atoms with van der Waals surface area (Å²) in [6.45, 7) is 0.0149. The molecule has 1 saturated heterocycles. The molecule has 12 heteroatoms. The summed E-state index contributed by atoms with van der Waals surface area (Å²) in [6, 6.07) is 7.92. The first kappa shape index (κ1) is 20.9. The lowest BCUT2D eigenvalue weighted by molar-refractivity contribution is 0.272. The van der Waals surface area contributed by atoms with Crippen molar-refractivity contribution in [1.82, 2.24) is 13.6 Å². The van der Waals surface area contributed by atoms with Crippen molar-refractivity contribution in [2.75, 3.05) is 32.4 Å². The molecule has 1 aliphatic rings. The van der Waals surface area contributed by atoms with Crippen molar-refractivity contribution in [2.45, 2.75) is 14.7 Å². The van der Waals surface area contributed by atoms with Gasteiger partial charge >= 0.3 is 0 Å². The molecule has 0 amide bonds. The molecule has 1 fully saturated rings. The van der Waals surface area contributed by atoms with E-state index >= 15 is 0 Å². The summed E-state index contributed by atoms with van der Waals surface area (Å²) in [7, 11) is -11.0. The number of hydrogen-bond donors (Lipinski definition) is 0. The second-order valence-electron chi connectivity index (χ2n) is 6.24. The molecule has 28 heavy (non-hydrogen) atoms. The second-order valence-corrected chi connectivity index (χ2v) is 12.1. The molecule has 0 N–H and O–H groups in total. The Morgan fingerprint density at radius 3 is 1.61 bits per heavy atom. The standard InChI is InChI=1S/C16H19N3O6S3/c1-26(20,21)14-4-6-15(7-5-14)27(22,23)18-9-11-19(12-10-18)28(24,25)16-3-2-8-17-13-16/h2-8,13H,9-12H2,1H3. The molecule has 1 aliphatic heterocycles. The minimum atomic E-state index is -3.85. The van der Waals surface area contributed by atoms with Gasteiger partial charge in [-0.3, -0.25) is 4.98 Å². The number of sulfonamides is 2. The Morgan fingerprint density at radius 1 is 0.714 bits per heavy atom. The molecule has 2 heterocycles. The zero-order valence-corrected chi connectivity index (χ0v) is 17.4. The van der Waals surface area contributed by atoms with Gasteiger partial charge in [0.15, 0.2) is 9.84 Å². The summed E-state index contributed by atoms with van der Waals surface area (Å²) in [5.41, 5.74) is 0. The highest BCUT2D eigenvalue weighted by Gasteiger charge is 2.33. The predicted octanol–water partition coefficient (Wildman–Crippen LogP) is 0.180. The van der Waals surface area contributed by atoms with Crippen molar-refractivity contribution < 1.29 is 25.3 Å². The van der Waals surface area contributed by atoms with E-state index in [4.69, 9.17) is 0 Å². The van der Waals surface area contributed by atoms with Crippen LogP contribution >= 0.6 is 0 Å². The Morgan fingerprint density at radius 2 is 1.18 bits per heavy atom. The fraction of sp³-hybridized carbons (Fsp3) is 0.312. The van der Waals surface area contributed by atoms with Crippen molar-refractivity contribution >= 4 is 29.9 Å². The minimum Gasteiger partial charge on any atom is -0.263 e. The smallest absolute Gasteiger partial charge is 0.244 e. The van der Waals surface area contributed by atoms with Crippen LogP contribution in [0.5, 0.6) is 0 Å². The highest BCUT2D eigenvalue weighted by atomic mass is 32.2. The van der Waals surface area contributed by atoms with E-state index < -0.39 is 29.9 Å². The molecule has 0 atom stereocenters. The molecule has 0 unspecified atom stereocenters. The van der Waals surface area contributed by atoms with Crippen LogP contribution in [0.4, 0.5) is 0 Å². The Labute approximate surface area is 164 Å². The van der Waals surface area contributed by atoms with E-state index in [1.54, 1.807) is 0 Å². The van der Waals surface area contributed by atoms with Crippen molar-refractivity contribution in [2.24, 2.45) is 0 Å². The Kier molecular flexibility index (Phi) is 5.60. The maximum absolute atomic E-state index is 12.8. The molecule has 2 aromatic rings. The van der Waals surface area contributed by atoms with Crippen molar-refractivity contribution in [3.05, 3.63) is 48.8 Å². The van der Waals surface area contributed by atoms with Crippen LogP contribution in [0.25, 0.3) is 0 Å². The average molecular weight is 446 g/mol. The molecule has 152 valence electrons. The molecule has 1 aromatic carbocycles. The van der Waals surface area contributed by atoms with Crippen molar-refractivity contribution in [3.8, 4) is 0 Å². The lowest BCUT2D eigenvalue weighted by Gasteiger charge is -2.33. The SMILES string of the molecule is CS(=O)(=O)c1ccc(S(=O)(=O)N2CCN(S(=O)(=O)c3cccnc3)CC2)cc1. The summed E-state index contributed by atoms with van der Waals surface area (Å²) in [5.74, 6) is 0. The number of aromatic nitrogens is 1. The maximum Gasteiger partial charge on any atom is 0.244 e. The van der Waals surface area contributed by atoms with E-state index in [9.17, 15) is 25.3 Å². The largest absolute Gasteiger partial charge is 0.263 e. The van der Waals surface area contributed by atoms with Crippen LogP contribution < -0.4 is 0 Å². The van der Waals surface area contributed by atoms with Crippen LogP contribution in [0.2, 0.25) is 0 Å². The third-order valence-electron chi connectivity index (χ3n) is 4.36. The van der Waals surface area contributed by atoms with E-state index in [0.29, 0.717) is 0 Å². The maximum atomic E-state index is 12.8. The molecular weight excluding hydrogens is 426 g/mol. The van der Waals surface area contributed by atoms with Gasteiger partial charge in [-0.2, -0.15) is 8.61 Å².